The highest BCUT2D eigenvalue weighted by atomic mass is 35.5. The molecule has 0 fully saturated rings. The number of halogens is 2. The van der Waals surface area contributed by atoms with Gasteiger partial charge in [-0.3, -0.25) is 9.59 Å². The van der Waals surface area contributed by atoms with Crippen molar-refractivity contribution in [2.24, 2.45) is 0 Å². The Kier molecular flexibility index (Phi) is 3.36. The van der Waals surface area contributed by atoms with Crippen molar-refractivity contribution in [3.63, 3.8) is 0 Å². The normalized spacial score (nSPS) is 10.3. The predicted octanol–water partition coefficient (Wildman–Crippen LogP) is 2.06. The molecule has 1 heterocycles. The fourth-order valence-electron chi connectivity index (χ4n) is 1.39. The van der Waals surface area contributed by atoms with E-state index in [1.165, 1.54) is 18.2 Å². The molecule has 7 heteroatoms. The van der Waals surface area contributed by atoms with Crippen LogP contribution in [0.5, 0.6) is 5.75 Å². The van der Waals surface area contributed by atoms with Crippen LogP contribution in [0.2, 0.25) is 10.0 Å². The number of hydrogen-bond acceptors (Lipinski definition) is 4. The highest BCUT2D eigenvalue weighted by Gasteiger charge is 2.09. The number of aldehydes is 1. The first-order valence-corrected chi connectivity index (χ1v) is 5.52. The van der Waals surface area contributed by atoms with Crippen molar-refractivity contribution in [1.29, 1.82) is 0 Å². The van der Waals surface area contributed by atoms with Gasteiger partial charge in [-0.1, -0.05) is 23.2 Å². The minimum absolute atomic E-state index is 0.245. The van der Waals surface area contributed by atoms with Crippen LogP contribution >= 0.6 is 23.2 Å². The number of aromatic hydroxyl groups is 1. The Bertz CT molecular complexity index is 662. The Balaban J connectivity index is 2.70. The van der Waals surface area contributed by atoms with E-state index in [2.05, 4.69) is 5.10 Å². The second-order valence-corrected chi connectivity index (χ2v) is 4.28. The van der Waals surface area contributed by atoms with Gasteiger partial charge in [0.25, 0.3) is 5.56 Å². The Morgan fingerprint density at radius 1 is 1.17 bits per heavy atom. The molecule has 0 saturated heterocycles. The first-order valence-electron chi connectivity index (χ1n) is 4.76. The maximum atomic E-state index is 11.7. The monoisotopic (exact) mass is 284 g/mol. The summed E-state index contributed by atoms with van der Waals surface area (Å²) in [4.78, 5) is 22.3. The Morgan fingerprint density at radius 2 is 1.78 bits per heavy atom. The average molecular weight is 285 g/mol. The summed E-state index contributed by atoms with van der Waals surface area (Å²) in [6.45, 7) is 0. The molecule has 18 heavy (non-hydrogen) atoms. The molecule has 0 aliphatic rings. The van der Waals surface area contributed by atoms with Crippen molar-refractivity contribution in [3.8, 4) is 11.4 Å². The Hall–Kier alpha value is -1.85. The van der Waals surface area contributed by atoms with Gasteiger partial charge in [-0.25, -0.2) is 0 Å². The molecule has 0 unspecified atom stereocenters. The lowest BCUT2D eigenvalue weighted by Crippen LogP contribution is -2.21. The zero-order chi connectivity index (χ0) is 13.3. The minimum Gasteiger partial charge on any atom is -0.505 e. The summed E-state index contributed by atoms with van der Waals surface area (Å²) >= 11 is 11.6. The maximum absolute atomic E-state index is 11.7. The molecule has 0 atom stereocenters. The lowest BCUT2D eigenvalue weighted by molar-refractivity contribution is 0.111. The van der Waals surface area contributed by atoms with Gasteiger partial charge in [-0.15, -0.1) is 0 Å². The highest BCUT2D eigenvalue weighted by molar-refractivity contribution is 6.34. The second-order valence-electron chi connectivity index (χ2n) is 3.41. The van der Waals surface area contributed by atoms with Crippen LogP contribution in [0, 0.1) is 0 Å². The topological polar surface area (TPSA) is 72.2 Å². The molecule has 92 valence electrons. The average Bonchev–Trinajstić information content (AvgIpc) is 2.27. The first-order chi connectivity index (χ1) is 8.51. The number of carbonyl (C=O) groups is 1. The van der Waals surface area contributed by atoms with Gasteiger partial charge in [-0.05, 0) is 18.2 Å². The molecule has 0 aliphatic carbocycles. The summed E-state index contributed by atoms with van der Waals surface area (Å²) in [7, 11) is 0. The van der Waals surface area contributed by atoms with Crippen LogP contribution in [-0.4, -0.2) is 21.2 Å². The van der Waals surface area contributed by atoms with E-state index < -0.39 is 11.3 Å². The molecule has 2 rings (SSSR count). The van der Waals surface area contributed by atoms with Gasteiger partial charge in [0, 0.05) is 16.1 Å². The standard InChI is InChI=1S/C11H6Cl2N2O3/c12-6-1-7(13)3-8(2-6)15-11(18)4-10(17)9(5-16)14-15/h1-5,17H. The number of aromatic nitrogens is 2. The number of hydrogen-bond donors (Lipinski definition) is 1. The first kappa shape index (κ1) is 12.6. The van der Waals surface area contributed by atoms with Crippen LogP contribution in [0.1, 0.15) is 10.5 Å². The summed E-state index contributed by atoms with van der Waals surface area (Å²) in [6.07, 6.45) is 0.345. The summed E-state index contributed by atoms with van der Waals surface area (Å²) in [5, 5.41) is 13.7. The van der Waals surface area contributed by atoms with E-state index in [0.717, 1.165) is 10.7 Å². The molecule has 0 radical (unpaired) electrons. The molecule has 1 aromatic carbocycles. The SMILES string of the molecule is O=Cc1nn(-c2cc(Cl)cc(Cl)c2)c(=O)cc1O. The third kappa shape index (κ3) is 2.37. The van der Waals surface area contributed by atoms with Gasteiger partial charge in [0.15, 0.2) is 17.7 Å². The van der Waals surface area contributed by atoms with E-state index in [1.807, 2.05) is 0 Å². The van der Waals surface area contributed by atoms with Crippen molar-refractivity contribution < 1.29 is 9.90 Å². The van der Waals surface area contributed by atoms with Crippen LogP contribution in [0.3, 0.4) is 0 Å². The maximum Gasteiger partial charge on any atom is 0.275 e. The molecule has 2 aromatic rings. The van der Waals surface area contributed by atoms with E-state index >= 15 is 0 Å². The number of rotatable bonds is 2. The zero-order valence-electron chi connectivity index (χ0n) is 8.80. The largest absolute Gasteiger partial charge is 0.505 e. The van der Waals surface area contributed by atoms with Crippen LogP contribution < -0.4 is 5.56 Å². The summed E-state index contributed by atoms with van der Waals surface area (Å²) < 4.78 is 0.932. The molecule has 0 saturated carbocycles. The van der Waals surface area contributed by atoms with Gasteiger partial charge >= 0.3 is 0 Å². The molecule has 0 aliphatic heterocycles. The molecule has 1 aromatic heterocycles. The third-order valence-electron chi connectivity index (χ3n) is 2.14. The van der Waals surface area contributed by atoms with Crippen LogP contribution in [0.25, 0.3) is 5.69 Å². The van der Waals surface area contributed by atoms with Crippen LogP contribution in [0.4, 0.5) is 0 Å². The molecule has 0 bridgehead atoms. The molecular formula is C11H6Cl2N2O3. The van der Waals surface area contributed by atoms with Crippen LogP contribution in [0.15, 0.2) is 29.1 Å². The van der Waals surface area contributed by atoms with Crippen LogP contribution in [-0.2, 0) is 0 Å². The van der Waals surface area contributed by atoms with Gasteiger partial charge in [-0.2, -0.15) is 9.78 Å². The number of carbonyl (C=O) groups excluding carboxylic acids is 1. The van der Waals surface area contributed by atoms with E-state index in [0.29, 0.717) is 22.0 Å². The fraction of sp³-hybridized carbons (Fsp3) is 0. The number of nitrogens with zero attached hydrogens (tertiary/aromatic N) is 2. The number of benzene rings is 1. The van der Waals surface area contributed by atoms with Crippen molar-refractivity contribution in [1.82, 2.24) is 9.78 Å². The van der Waals surface area contributed by atoms with Crippen molar-refractivity contribution in [2.75, 3.05) is 0 Å². The lowest BCUT2D eigenvalue weighted by atomic mass is 10.3. The fourth-order valence-corrected chi connectivity index (χ4v) is 1.91. The zero-order valence-corrected chi connectivity index (χ0v) is 10.3. The van der Waals surface area contributed by atoms with E-state index in [-0.39, 0.29) is 5.69 Å². The minimum atomic E-state index is -0.601. The smallest absolute Gasteiger partial charge is 0.275 e. The van der Waals surface area contributed by atoms with E-state index in [4.69, 9.17) is 23.2 Å². The third-order valence-corrected chi connectivity index (χ3v) is 2.58. The molecule has 0 spiro atoms. The van der Waals surface area contributed by atoms with E-state index in [9.17, 15) is 14.7 Å². The van der Waals surface area contributed by atoms with Crippen molar-refractivity contribution >= 4 is 29.5 Å². The second kappa shape index (κ2) is 4.80. The quantitative estimate of drug-likeness (QED) is 0.857. The summed E-state index contributed by atoms with van der Waals surface area (Å²) in [5.41, 5.74) is -0.539. The molecule has 1 N–H and O–H groups in total. The van der Waals surface area contributed by atoms with Gasteiger partial charge in [0.1, 0.15) is 0 Å². The predicted molar refractivity (Wildman–Crippen MR) is 66.9 cm³/mol. The summed E-state index contributed by atoms with van der Waals surface area (Å²) in [5.74, 6) is -0.473. The molecular weight excluding hydrogens is 279 g/mol. The van der Waals surface area contributed by atoms with Crippen molar-refractivity contribution in [3.05, 3.63) is 50.4 Å². The Morgan fingerprint density at radius 3 is 2.33 bits per heavy atom. The molecule has 5 nitrogen and oxygen atoms in total. The van der Waals surface area contributed by atoms with Gasteiger partial charge in [0.05, 0.1) is 5.69 Å². The van der Waals surface area contributed by atoms with Gasteiger partial charge in [0.2, 0.25) is 0 Å². The summed E-state index contributed by atoms with van der Waals surface area (Å²) in [6, 6.07) is 5.32. The molecule has 0 amide bonds. The van der Waals surface area contributed by atoms with Gasteiger partial charge < -0.3 is 5.11 Å². The lowest BCUT2D eigenvalue weighted by Gasteiger charge is -2.06. The van der Waals surface area contributed by atoms with E-state index in [1.54, 1.807) is 0 Å². The highest BCUT2D eigenvalue weighted by Crippen LogP contribution is 2.21. The van der Waals surface area contributed by atoms with Crippen molar-refractivity contribution in [2.45, 2.75) is 0 Å². The Labute approximate surface area is 111 Å².